The van der Waals surface area contributed by atoms with Crippen molar-refractivity contribution in [3.05, 3.63) is 72.9 Å². The first kappa shape index (κ1) is 48.6. The van der Waals surface area contributed by atoms with Gasteiger partial charge in [-0.2, -0.15) is 0 Å². The molecule has 0 saturated carbocycles. The lowest BCUT2D eigenvalue weighted by atomic mass is 9.92. The Morgan fingerprint density at radius 3 is 1.55 bits per heavy atom. The third-order valence-corrected chi connectivity index (χ3v) is 9.42. The molecule has 0 bridgehead atoms. The van der Waals surface area contributed by atoms with Crippen molar-refractivity contribution < 1.29 is 39.5 Å². The van der Waals surface area contributed by atoms with Crippen molar-refractivity contribution in [3.63, 3.8) is 0 Å². The third kappa shape index (κ3) is 25.3. The SMILES string of the molecule is CC/C=C\C/C=C\C/C=C\CCCCCCCC(=O)C[C@@H](CO[C@@H]1O[C@H](CO)[C@H](O)[C@H](O)[C@H]1O)C(=O)CCCCCCC/C=C\C/C=C\C/C=C\CC. The molecule has 0 aliphatic carbocycles. The van der Waals surface area contributed by atoms with Gasteiger partial charge >= 0.3 is 0 Å². The van der Waals surface area contributed by atoms with Crippen LogP contribution in [0, 0.1) is 5.92 Å². The summed E-state index contributed by atoms with van der Waals surface area (Å²) in [5.74, 6) is -0.731. The number of aliphatic hydroxyl groups is 4. The molecule has 4 N–H and O–H groups in total. The molecular weight excluding hydrogens is 668 g/mol. The molecule has 0 aromatic heterocycles. The van der Waals surface area contributed by atoms with E-state index in [1.165, 1.54) is 0 Å². The lowest BCUT2D eigenvalue weighted by Gasteiger charge is -2.39. The smallest absolute Gasteiger partial charge is 0.186 e. The number of allylic oxidation sites excluding steroid dienone is 12. The Morgan fingerprint density at radius 2 is 1.04 bits per heavy atom. The van der Waals surface area contributed by atoms with Crippen LogP contribution in [0.25, 0.3) is 0 Å². The van der Waals surface area contributed by atoms with Crippen molar-refractivity contribution in [3.8, 4) is 0 Å². The molecule has 0 amide bonds. The number of ketones is 2. The molecule has 1 rings (SSSR count). The maximum atomic E-state index is 13.3. The van der Waals surface area contributed by atoms with E-state index in [1.807, 2.05) is 0 Å². The fourth-order valence-electron chi connectivity index (χ4n) is 6.12. The van der Waals surface area contributed by atoms with Crippen molar-refractivity contribution in [1.82, 2.24) is 0 Å². The molecule has 0 spiro atoms. The molecule has 0 unspecified atom stereocenters. The summed E-state index contributed by atoms with van der Waals surface area (Å²) in [6.45, 7) is 3.56. The maximum absolute atomic E-state index is 13.3. The van der Waals surface area contributed by atoms with E-state index >= 15 is 0 Å². The van der Waals surface area contributed by atoms with Crippen LogP contribution in [0.1, 0.15) is 149 Å². The second-order valence-electron chi connectivity index (χ2n) is 14.1. The predicted molar refractivity (Wildman–Crippen MR) is 216 cm³/mol. The Bertz CT molecular complexity index is 1090. The minimum Gasteiger partial charge on any atom is -0.394 e. The molecule has 0 radical (unpaired) electrons. The highest BCUT2D eigenvalue weighted by Gasteiger charge is 2.44. The zero-order valence-electron chi connectivity index (χ0n) is 33.1. The van der Waals surface area contributed by atoms with Crippen LogP contribution in [-0.4, -0.2) is 75.9 Å². The van der Waals surface area contributed by atoms with Gasteiger partial charge in [0.1, 0.15) is 36.0 Å². The first-order valence-electron chi connectivity index (χ1n) is 20.7. The minimum absolute atomic E-state index is 0.0128. The molecule has 1 heterocycles. The first-order chi connectivity index (χ1) is 25.8. The van der Waals surface area contributed by atoms with Crippen LogP contribution >= 0.6 is 0 Å². The number of unbranched alkanes of at least 4 members (excludes halogenated alkanes) is 10. The van der Waals surface area contributed by atoms with Crippen LogP contribution < -0.4 is 0 Å². The highest BCUT2D eigenvalue weighted by Crippen LogP contribution is 2.24. The molecule has 8 nitrogen and oxygen atoms in total. The van der Waals surface area contributed by atoms with Gasteiger partial charge in [0.25, 0.3) is 0 Å². The van der Waals surface area contributed by atoms with Gasteiger partial charge in [0, 0.05) is 25.2 Å². The highest BCUT2D eigenvalue weighted by atomic mass is 16.7. The van der Waals surface area contributed by atoms with E-state index in [-0.39, 0.29) is 24.6 Å². The van der Waals surface area contributed by atoms with Crippen molar-refractivity contribution in [1.29, 1.82) is 0 Å². The summed E-state index contributed by atoms with van der Waals surface area (Å²) >= 11 is 0. The van der Waals surface area contributed by atoms with E-state index in [0.717, 1.165) is 116 Å². The summed E-state index contributed by atoms with van der Waals surface area (Å²) in [5.41, 5.74) is 0. The van der Waals surface area contributed by atoms with E-state index in [2.05, 4.69) is 86.8 Å². The largest absolute Gasteiger partial charge is 0.394 e. The lowest BCUT2D eigenvalue weighted by Crippen LogP contribution is -2.59. The van der Waals surface area contributed by atoms with Crippen LogP contribution in [0.15, 0.2) is 72.9 Å². The number of carbonyl (C=O) groups is 2. The Kier molecular flexibility index (Phi) is 31.2. The number of rotatable bonds is 33. The van der Waals surface area contributed by atoms with Gasteiger partial charge in [-0.1, -0.05) is 125 Å². The summed E-state index contributed by atoms with van der Waals surface area (Å²) < 4.78 is 11.2. The summed E-state index contributed by atoms with van der Waals surface area (Å²) in [7, 11) is 0. The summed E-state index contributed by atoms with van der Waals surface area (Å²) in [6.07, 6.45) is 38.3. The number of aliphatic hydroxyl groups excluding tert-OH is 4. The average molecular weight is 743 g/mol. The fourth-order valence-corrected chi connectivity index (χ4v) is 6.12. The number of ether oxygens (including phenoxy) is 2. The number of hydrogen-bond acceptors (Lipinski definition) is 8. The van der Waals surface area contributed by atoms with Gasteiger partial charge in [-0.15, -0.1) is 0 Å². The van der Waals surface area contributed by atoms with E-state index in [1.54, 1.807) is 0 Å². The normalized spacial score (nSPS) is 21.8. The van der Waals surface area contributed by atoms with Gasteiger partial charge in [-0.3, -0.25) is 9.59 Å². The molecule has 1 saturated heterocycles. The van der Waals surface area contributed by atoms with Gasteiger partial charge in [0.15, 0.2) is 6.29 Å². The Labute approximate surface area is 321 Å². The Morgan fingerprint density at radius 1 is 0.585 bits per heavy atom. The van der Waals surface area contributed by atoms with Crippen LogP contribution in [0.5, 0.6) is 0 Å². The van der Waals surface area contributed by atoms with E-state index in [0.29, 0.717) is 12.8 Å². The zero-order valence-corrected chi connectivity index (χ0v) is 33.1. The molecule has 1 aliphatic heterocycles. The van der Waals surface area contributed by atoms with Crippen molar-refractivity contribution >= 4 is 11.6 Å². The highest BCUT2D eigenvalue weighted by molar-refractivity contribution is 5.88. The second-order valence-corrected chi connectivity index (χ2v) is 14.1. The first-order valence-corrected chi connectivity index (χ1v) is 20.7. The van der Waals surface area contributed by atoms with Crippen molar-refractivity contribution in [2.24, 2.45) is 5.92 Å². The summed E-state index contributed by atoms with van der Waals surface area (Å²) in [4.78, 5) is 26.3. The van der Waals surface area contributed by atoms with Crippen LogP contribution in [0.2, 0.25) is 0 Å². The molecule has 1 aliphatic rings. The van der Waals surface area contributed by atoms with Gasteiger partial charge in [0.05, 0.1) is 13.2 Å². The number of hydrogen-bond donors (Lipinski definition) is 4. The molecule has 1 fully saturated rings. The van der Waals surface area contributed by atoms with Gasteiger partial charge in [-0.25, -0.2) is 0 Å². The molecule has 8 heteroatoms. The zero-order chi connectivity index (χ0) is 38.8. The standard InChI is InChI=1S/C45H74O8/c1-3-5-7-9-11-13-15-17-19-21-23-25-27-29-31-33-39(47)35-38(37-52-45-44(51)43(50)42(49)41(36-46)53-45)40(48)34-32-30-28-26-24-22-20-18-16-14-12-10-8-6-4-2/h5-8,11-14,17-20,38,41-46,49-51H,3-4,9-10,15-16,21-37H2,1-2H3/b7-5-,8-6-,13-11-,14-12-,19-17-,20-18-/t38-,41+,42-,43-,44+,45+/m0/s1. The lowest BCUT2D eigenvalue weighted by molar-refractivity contribution is -0.302. The van der Waals surface area contributed by atoms with Crippen molar-refractivity contribution in [2.45, 2.75) is 179 Å². The van der Waals surface area contributed by atoms with Gasteiger partial charge < -0.3 is 29.9 Å². The molecule has 0 aromatic carbocycles. The monoisotopic (exact) mass is 743 g/mol. The maximum Gasteiger partial charge on any atom is 0.186 e. The number of carbonyl (C=O) groups excluding carboxylic acids is 2. The minimum atomic E-state index is -1.57. The average Bonchev–Trinajstić information content (AvgIpc) is 3.16. The topological polar surface area (TPSA) is 134 Å². The van der Waals surface area contributed by atoms with Gasteiger partial charge in [0.2, 0.25) is 0 Å². The quantitative estimate of drug-likeness (QED) is 0.0387. The van der Waals surface area contributed by atoms with Gasteiger partial charge in [-0.05, 0) is 77.0 Å². The predicted octanol–water partition coefficient (Wildman–Crippen LogP) is 9.13. The third-order valence-electron chi connectivity index (χ3n) is 9.42. The van der Waals surface area contributed by atoms with Crippen molar-refractivity contribution in [2.75, 3.05) is 13.2 Å². The van der Waals surface area contributed by atoms with E-state index in [9.17, 15) is 30.0 Å². The van der Waals surface area contributed by atoms with Crippen LogP contribution in [0.4, 0.5) is 0 Å². The Hall–Kier alpha value is -2.46. The van der Waals surface area contributed by atoms with Crippen LogP contribution in [0.3, 0.4) is 0 Å². The summed E-state index contributed by atoms with van der Waals surface area (Å²) in [6, 6.07) is 0. The second kappa shape index (κ2) is 34.1. The molecule has 0 aromatic rings. The fraction of sp³-hybridized carbons (Fsp3) is 0.689. The number of Topliss-reactive ketones (excluding diaryl/α,β-unsaturated/α-hetero) is 2. The Balaban J connectivity index is 2.43. The van der Waals surface area contributed by atoms with E-state index in [4.69, 9.17) is 9.47 Å². The molecule has 6 atom stereocenters. The molecular formula is C45H74O8. The molecule has 302 valence electrons. The van der Waals surface area contributed by atoms with E-state index < -0.39 is 43.2 Å². The van der Waals surface area contributed by atoms with Crippen LogP contribution in [-0.2, 0) is 19.1 Å². The summed E-state index contributed by atoms with van der Waals surface area (Å²) in [5, 5.41) is 40.1. The molecule has 53 heavy (non-hydrogen) atoms.